The van der Waals surface area contributed by atoms with E-state index in [2.05, 4.69) is 0 Å². The molecule has 2 heterocycles. The summed E-state index contributed by atoms with van der Waals surface area (Å²) in [6, 6.07) is 10.6. The Bertz CT molecular complexity index is 1040. The van der Waals surface area contributed by atoms with E-state index in [9.17, 15) is 8.78 Å². The van der Waals surface area contributed by atoms with Gasteiger partial charge < -0.3 is 3.85 Å². The number of nitrogens with zero attached hydrogens (tertiary/aromatic N) is 2. The van der Waals surface area contributed by atoms with Crippen molar-refractivity contribution in [3.63, 3.8) is 0 Å². The van der Waals surface area contributed by atoms with Crippen molar-refractivity contribution < 1.29 is 12.6 Å². The molecule has 0 fully saturated rings. The number of halogens is 2. The molecule has 0 radical (unpaired) electrons. The largest absolute Gasteiger partial charge is 0.394 e. The van der Waals surface area contributed by atoms with E-state index in [4.69, 9.17) is 8.84 Å². The summed E-state index contributed by atoms with van der Waals surface area (Å²) in [6.07, 6.45) is 3.65. The molecule has 26 heavy (non-hydrogen) atoms. The number of aliphatic imine (C=N–C) groups is 1. The summed E-state index contributed by atoms with van der Waals surface area (Å²) in [5, 5.41) is 0. The monoisotopic (exact) mass is 370 g/mol. The van der Waals surface area contributed by atoms with Gasteiger partial charge in [-0.3, -0.25) is 8.95 Å². The highest BCUT2D eigenvalue weighted by molar-refractivity contribution is 6.96. The van der Waals surface area contributed by atoms with Crippen LogP contribution in [-0.4, -0.2) is 9.67 Å². The number of aromatic nitrogens is 1. The molecular formula is C20H16F2N2OS. The Morgan fingerprint density at radius 1 is 1.00 bits per heavy atom. The second-order valence-corrected chi connectivity index (χ2v) is 7.10. The molecule has 6 heteroatoms. The molecule has 0 saturated heterocycles. The van der Waals surface area contributed by atoms with E-state index in [-0.39, 0.29) is 17.7 Å². The van der Waals surface area contributed by atoms with Gasteiger partial charge in [-0.15, -0.1) is 0 Å². The van der Waals surface area contributed by atoms with Crippen molar-refractivity contribution in [3.05, 3.63) is 83.2 Å². The Hall–Kier alpha value is -2.73. The summed E-state index contributed by atoms with van der Waals surface area (Å²) in [5.74, 6) is -0.662. The van der Waals surface area contributed by atoms with Gasteiger partial charge in [-0.1, -0.05) is 6.07 Å². The first kappa shape index (κ1) is 16.7. The molecular weight excluding hydrogens is 354 g/mol. The maximum Gasteiger partial charge on any atom is 0.128 e. The normalized spacial score (nSPS) is 15.5. The van der Waals surface area contributed by atoms with Gasteiger partial charge in [-0.25, -0.2) is 8.78 Å². The van der Waals surface area contributed by atoms with Crippen LogP contribution in [-0.2, 0) is 7.05 Å². The quantitative estimate of drug-likeness (QED) is 0.543. The van der Waals surface area contributed by atoms with Crippen molar-refractivity contribution in [1.29, 1.82) is 0 Å². The maximum atomic E-state index is 14.1. The first-order chi connectivity index (χ1) is 12.5. The Morgan fingerprint density at radius 2 is 1.73 bits per heavy atom. The van der Waals surface area contributed by atoms with Crippen LogP contribution in [0.25, 0.3) is 11.1 Å². The standard InChI is InChI=1S/C20H16F2N2OS/c1-12-19-11-25-26-24(2)10-18(19)16-8-7-15(22)9-17(16)20(23-12)13-3-5-14(21)6-4-13/h3-12H,1-2H3/t12-/m0/s1. The number of rotatable bonds is 1. The fourth-order valence-electron chi connectivity index (χ4n) is 3.15. The Kier molecular flexibility index (Phi) is 4.20. The summed E-state index contributed by atoms with van der Waals surface area (Å²) in [6.45, 7) is 1.96. The van der Waals surface area contributed by atoms with Gasteiger partial charge in [-0.2, -0.15) is 0 Å². The van der Waals surface area contributed by atoms with Crippen LogP contribution >= 0.6 is 11.8 Å². The van der Waals surface area contributed by atoms with Gasteiger partial charge >= 0.3 is 0 Å². The second kappa shape index (κ2) is 6.53. The van der Waals surface area contributed by atoms with Crippen molar-refractivity contribution in [2.75, 3.05) is 0 Å². The van der Waals surface area contributed by atoms with Gasteiger partial charge in [0.05, 0.1) is 11.8 Å². The lowest BCUT2D eigenvalue weighted by Crippen LogP contribution is -2.06. The second-order valence-electron chi connectivity index (χ2n) is 6.18. The minimum atomic E-state index is -0.341. The number of fused-ring (bicyclic) bond motifs is 3. The van der Waals surface area contributed by atoms with Crippen molar-refractivity contribution in [2.45, 2.75) is 13.0 Å². The van der Waals surface area contributed by atoms with E-state index in [1.165, 1.54) is 36.1 Å². The molecule has 0 aliphatic carbocycles. The van der Waals surface area contributed by atoms with E-state index in [1.807, 2.05) is 24.1 Å². The van der Waals surface area contributed by atoms with Crippen LogP contribution < -0.4 is 0 Å². The third-order valence-electron chi connectivity index (χ3n) is 4.37. The highest BCUT2D eigenvalue weighted by atomic mass is 32.1. The lowest BCUT2D eigenvalue weighted by atomic mass is 9.93. The molecule has 0 N–H and O–H groups in total. The molecule has 0 amide bonds. The Labute approximate surface area is 153 Å². The smallest absolute Gasteiger partial charge is 0.128 e. The molecule has 0 unspecified atom stereocenters. The number of hydrogen-bond acceptors (Lipinski definition) is 3. The van der Waals surface area contributed by atoms with E-state index in [0.29, 0.717) is 11.3 Å². The van der Waals surface area contributed by atoms with Crippen molar-refractivity contribution in [2.24, 2.45) is 12.0 Å². The minimum Gasteiger partial charge on any atom is -0.394 e. The Morgan fingerprint density at radius 3 is 2.50 bits per heavy atom. The van der Waals surface area contributed by atoms with Gasteiger partial charge in [0.25, 0.3) is 0 Å². The highest BCUT2D eigenvalue weighted by Crippen LogP contribution is 2.37. The minimum absolute atomic E-state index is 0.205. The fourth-order valence-corrected chi connectivity index (χ4v) is 3.58. The maximum absolute atomic E-state index is 14.1. The van der Waals surface area contributed by atoms with Crippen molar-refractivity contribution in [3.8, 4) is 11.1 Å². The van der Waals surface area contributed by atoms with E-state index < -0.39 is 0 Å². The first-order valence-corrected chi connectivity index (χ1v) is 8.85. The van der Waals surface area contributed by atoms with Crippen LogP contribution in [0.3, 0.4) is 0 Å². The molecule has 0 bridgehead atoms. The molecule has 3 aromatic rings. The Balaban J connectivity index is 2.05. The fraction of sp³-hybridized carbons (Fsp3) is 0.150. The molecule has 1 aliphatic heterocycles. The summed E-state index contributed by atoms with van der Waals surface area (Å²) < 4.78 is 34.8. The summed E-state index contributed by atoms with van der Waals surface area (Å²) in [4.78, 5) is 4.82. The first-order valence-electron chi connectivity index (χ1n) is 8.15. The molecule has 1 aromatic heterocycles. The van der Waals surface area contributed by atoms with Gasteiger partial charge in [0, 0.05) is 35.5 Å². The van der Waals surface area contributed by atoms with Crippen LogP contribution in [0.1, 0.15) is 29.7 Å². The third-order valence-corrected chi connectivity index (χ3v) is 4.90. The summed E-state index contributed by atoms with van der Waals surface area (Å²) in [7, 11) is 1.88. The lowest BCUT2D eigenvalue weighted by Gasteiger charge is -2.11. The van der Waals surface area contributed by atoms with Crippen LogP contribution in [0.2, 0.25) is 0 Å². The zero-order valence-corrected chi connectivity index (χ0v) is 15.1. The van der Waals surface area contributed by atoms with Gasteiger partial charge in [-0.05, 0) is 48.9 Å². The van der Waals surface area contributed by atoms with Crippen LogP contribution in [0.15, 0.2) is 63.8 Å². The summed E-state index contributed by atoms with van der Waals surface area (Å²) >= 11 is 1.21. The topological polar surface area (TPSA) is 30.4 Å². The molecule has 0 spiro atoms. The lowest BCUT2D eigenvalue weighted by molar-refractivity contribution is 0.627. The molecule has 2 aromatic carbocycles. The predicted octanol–water partition coefficient (Wildman–Crippen LogP) is 5.66. The van der Waals surface area contributed by atoms with Crippen LogP contribution in [0, 0.1) is 11.6 Å². The van der Waals surface area contributed by atoms with Crippen LogP contribution in [0.4, 0.5) is 8.78 Å². The average Bonchev–Trinajstić information content (AvgIpc) is 2.87. The van der Waals surface area contributed by atoms with Gasteiger partial charge in [0.1, 0.15) is 29.7 Å². The molecule has 3 nitrogen and oxygen atoms in total. The molecule has 0 saturated carbocycles. The number of hydrogen-bond donors (Lipinski definition) is 0. The average molecular weight is 370 g/mol. The number of benzene rings is 2. The molecule has 1 aliphatic rings. The summed E-state index contributed by atoms with van der Waals surface area (Å²) in [5.41, 5.74) is 4.76. The van der Waals surface area contributed by atoms with E-state index in [0.717, 1.165) is 22.3 Å². The molecule has 4 rings (SSSR count). The van der Waals surface area contributed by atoms with E-state index >= 15 is 0 Å². The van der Waals surface area contributed by atoms with Gasteiger partial charge in [0.2, 0.25) is 0 Å². The SMILES string of the molecule is C[C@@H]1N=C(c2ccc(F)cc2)c2cc(F)ccc2-c2cn(C)socc21. The zero-order valence-electron chi connectivity index (χ0n) is 14.2. The molecule has 132 valence electrons. The highest BCUT2D eigenvalue weighted by Gasteiger charge is 2.23. The van der Waals surface area contributed by atoms with Crippen LogP contribution in [0.5, 0.6) is 0 Å². The van der Waals surface area contributed by atoms with Crippen molar-refractivity contribution >= 4 is 17.5 Å². The predicted molar refractivity (Wildman–Crippen MR) is 99.0 cm³/mol. The van der Waals surface area contributed by atoms with E-state index in [1.54, 1.807) is 24.5 Å². The van der Waals surface area contributed by atoms with Gasteiger partial charge in [0.15, 0.2) is 0 Å². The van der Waals surface area contributed by atoms with Crippen molar-refractivity contribution in [1.82, 2.24) is 3.96 Å². The number of aryl methyl sites for hydroxylation is 1. The molecule has 1 atom stereocenters. The third kappa shape index (κ3) is 2.97. The zero-order chi connectivity index (χ0) is 18.3.